The third-order valence-corrected chi connectivity index (χ3v) is 13.0. The molecule has 5 aliphatic rings. The summed E-state index contributed by atoms with van der Waals surface area (Å²) >= 11 is 6.40. The number of hydrogen-bond donors (Lipinski definition) is 2. The van der Waals surface area contributed by atoms with Crippen LogP contribution in [0.25, 0.3) is 0 Å². The minimum atomic E-state index is -3.91. The molecule has 3 aliphatic carbocycles. The number of fused-ring (bicyclic) bond motifs is 4. The first kappa shape index (κ1) is 29.2. The predicted molar refractivity (Wildman–Crippen MR) is 168 cm³/mol. The van der Waals surface area contributed by atoms with Crippen molar-refractivity contribution >= 4 is 33.2 Å². The van der Waals surface area contributed by atoms with Crippen molar-refractivity contribution in [3.05, 3.63) is 70.3 Å². The highest BCUT2D eigenvalue weighted by atomic mass is 35.5. The Kier molecular flexibility index (Phi) is 7.54. The second kappa shape index (κ2) is 11.1. The van der Waals surface area contributed by atoms with Crippen LogP contribution in [0.3, 0.4) is 0 Å². The fourth-order valence-electron chi connectivity index (χ4n) is 8.22. The Labute approximate surface area is 259 Å². The number of allylic oxidation sites excluding steroid dienone is 1. The molecule has 2 aromatic rings. The summed E-state index contributed by atoms with van der Waals surface area (Å²) in [5.74, 6) is 0.393. The predicted octanol–water partition coefficient (Wildman–Crippen LogP) is 5.63. The van der Waals surface area contributed by atoms with Crippen LogP contribution >= 0.6 is 11.6 Å². The number of aryl methyl sites for hydroxylation is 1. The van der Waals surface area contributed by atoms with Crippen molar-refractivity contribution in [3.8, 4) is 5.75 Å². The third kappa shape index (κ3) is 5.48. The van der Waals surface area contributed by atoms with Crippen LogP contribution in [0.2, 0.25) is 5.02 Å². The lowest BCUT2D eigenvalue weighted by molar-refractivity contribution is 0.0455. The Balaban J connectivity index is 1.29. The van der Waals surface area contributed by atoms with Crippen LogP contribution < -0.4 is 14.4 Å². The summed E-state index contributed by atoms with van der Waals surface area (Å²) in [7, 11) is -3.91. The molecule has 7 rings (SSSR count). The van der Waals surface area contributed by atoms with E-state index in [-0.39, 0.29) is 23.2 Å². The Morgan fingerprint density at radius 3 is 2.67 bits per heavy atom. The van der Waals surface area contributed by atoms with Crippen LogP contribution in [0, 0.1) is 23.7 Å². The SMILES string of the molecule is C[C@H]1C/C=C/[C@H](O)[C@@H]2CC[C@H]2CN2C[C@@]3(CCCc4cc(Cl)ccc43)COc3ccc(cc32)C(=O)NS(=O)(=O)[C@@H]1C1CC1. The number of hydrogen-bond acceptors (Lipinski definition) is 6. The van der Waals surface area contributed by atoms with Crippen molar-refractivity contribution in [2.75, 3.05) is 24.6 Å². The monoisotopic (exact) mass is 624 g/mol. The number of amides is 1. The number of rotatable bonds is 1. The molecule has 2 N–H and O–H groups in total. The molecule has 1 spiro atoms. The number of carbonyl (C=O) groups excluding carboxylic acids is 1. The zero-order chi connectivity index (χ0) is 29.9. The fraction of sp³-hybridized carbons (Fsp3) is 0.559. The van der Waals surface area contributed by atoms with Crippen LogP contribution in [0.1, 0.15) is 73.4 Å². The van der Waals surface area contributed by atoms with Crippen molar-refractivity contribution in [2.45, 2.75) is 75.1 Å². The number of anilines is 1. The number of sulfonamides is 1. The molecule has 43 heavy (non-hydrogen) atoms. The normalized spacial score (nSPS) is 34.5. The summed E-state index contributed by atoms with van der Waals surface area (Å²) in [5, 5.41) is 11.3. The smallest absolute Gasteiger partial charge is 0.264 e. The Hall–Kier alpha value is -2.55. The molecule has 6 atom stereocenters. The molecular weight excluding hydrogens is 584 g/mol. The van der Waals surface area contributed by atoms with E-state index in [0.717, 1.165) is 62.2 Å². The van der Waals surface area contributed by atoms with E-state index in [4.69, 9.17) is 16.3 Å². The largest absolute Gasteiger partial charge is 0.490 e. The molecule has 2 aliphatic heterocycles. The first-order valence-corrected chi connectivity index (χ1v) is 17.8. The summed E-state index contributed by atoms with van der Waals surface area (Å²) in [5.41, 5.74) is 3.38. The number of nitrogens with zero attached hydrogens (tertiary/aromatic N) is 1. The Morgan fingerprint density at radius 2 is 1.91 bits per heavy atom. The van der Waals surface area contributed by atoms with Gasteiger partial charge in [0.15, 0.2) is 0 Å². The number of carbonyl (C=O) groups is 1. The molecular formula is C34H41ClN2O5S. The van der Waals surface area contributed by atoms with Crippen LogP contribution in [-0.4, -0.2) is 50.5 Å². The van der Waals surface area contributed by atoms with Gasteiger partial charge in [0, 0.05) is 29.1 Å². The molecule has 2 aromatic carbocycles. The van der Waals surface area contributed by atoms with Gasteiger partial charge in [-0.05, 0) is 116 Å². The zero-order valence-corrected chi connectivity index (χ0v) is 26.2. The average molecular weight is 625 g/mol. The molecule has 1 amide bonds. The van der Waals surface area contributed by atoms with Crippen molar-refractivity contribution in [2.24, 2.45) is 23.7 Å². The first-order chi connectivity index (χ1) is 20.6. The molecule has 0 unspecified atom stereocenters. The number of ether oxygens (including phenoxy) is 1. The first-order valence-electron chi connectivity index (χ1n) is 15.8. The molecule has 2 fully saturated rings. The highest BCUT2D eigenvalue weighted by Gasteiger charge is 2.46. The van der Waals surface area contributed by atoms with Gasteiger partial charge in [-0.25, -0.2) is 13.1 Å². The third-order valence-electron chi connectivity index (χ3n) is 10.8. The summed E-state index contributed by atoms with van der Waals surface area (Å²) in [6.07, 6.45) is 10.4. The molecule has 0 saturated heterocycles. The van der Waals surface area contributed by atoms with Crippen LogP contribution in [-0.2, 0) is 21.9 Å². The molecule has 2 saturated carbocycles. The van der Waals surface area contributed by atoms with Crippen molar-refractivity contribution in [3.63, 3.8) is 0 Å². The van der Waals surface area contributed by atoms with E-state index in [1.807, 2.05) is 31.2 Å². The number of aliphatic hydroxyl groups excluding tert-OH is 1. The van der Waals surface area contributed by atoms with Gasteiger partial charge in [0.05, 0.1) is 23.6 Å². The van der Waals surface area contributed by atoms with Gasteiger partial charge in [-0.15, -0.1) is 0 Å². The minimum Gasteiger partial charge on any atom is -0.490 e. The lowest BCUT2D eigenvalue weighted by Gasteiger charge is -2.45. The van der Waals surface area contributed by atoms with Gasteiger partial charge in [-0.2, -0.15) is 0 Å². The van der Waals surface area contributed by atoms with E-state index in [1.54, 1.807) is 12.1 Å². The summed E-state index contributed by atoms with van der Waals surface area (Å²) in [6, 6.07) is 11.5. The maximum absolute atomic E-state index is 13.6. The topological polar surface area (TPSA) is 95.9 Å². The lowest BCUT2D eigenvalue weighted by atomic mass is 9.68. The molecule has 0 radical (unpaired) electrons. The summed E-state index contributed by atoms with van der Waals surface area (Å²) in [6.45, 7) is 3.86. The number of halogens is 1. The second-order valence-electron chi connectivity index (χ2n) is 13.7. The van der Waals surface area contributed by atoms with Crippen molar-refractivity contribution in [1.29, 1.82) is 0 Å². The van der Waals surface area contributed by atoms with E-state index in [9.17, 15) is 18.3 Å². The number of nitrogens with one attached hydrogen (secondary N) is 1. The second-order valence-corrected chi connectivity index (χ2v) is 16.0. The summed E-state index contributed by atoms with van der Waals surface area (Å²) in [4.78, 5) is 15.9. The minimum absolute atomic E-state index is 0.0499. The van der Waals surface area contributed by atoms with Gasteiger partial charge in [0.25, 0.3) is 5.91 Å². The van der Waals surface area contributed by atoms with Gasteiger partial charge >= 0.3 is 0 Å². The van der Waals surface area contributed by atoms with Crippen LogP contribution in [0.4, 0.5) is 5.69 Å². The number of benzene rings is 2. The fourth-order valence-corrected chi connectivity index (χ4v) is 10.4. The molecule has 2 heterocycles. The zero-order valence-electron chi connectivity index (χ0n) is 24.7. The molecule has 7 nitrogen and oxygen atoms in total. The van der Waals surface area contributed by atoms with E-state index in [1.165, 1.54) is 11.1 Å². The highest BCUT2D eigenvalue weighted by Crippen LogP contribution is 2.47. The summed E-state index contributed by atoms with van der Waals surface area (Å²) < 4.78 is 36.2. The van der Waals surface area contributed by atoms with Gasteiger partial charge in [-0.3, -0.25) is 4.79 Å². The van der Waals surface area contributed by atoms with Crippen LogP contribution in [0.15, 0.2) is 48.6 Å². The maximum Gasteiger partial charge on any atom is 0.264 e. The average Bonchev–Trinajstić information content (AvgIpc) is 3.78. The molecule has 2 bridgehead atoms. The lowest BCUT2D eigenvalue weighted by Crippen LogP contribution is -2.49. The maximum atomic E-state index is 13.6. The Bertz CT molecular complexity index is 1560. The van der Waals surface area contributed by atoms with E-state index in [2.05, 4.69) is 21.8 Å². The van der Waals surface area contributed by atoms with Crippen LogP contribution in [0.5, 0.6) is 5.75 Å². The van der Waals surface area contributed by atoms with E-state index < -0.39 is 27.3 Å². The number of aliphatic hydroxyl groups is 1. The molecule has 0 aromatic heterocycles. The van der Waals surface area contributed by atoms with Gasteiger partial charge < -0.3 is 14.7 Å². The van der Waals surface area contributed by atoms with Gasteiger partial charge in [-0.1, -0.05) is 36.7 Å². The van der Waals surface area contributed by atoms with Crippen molar-refractivity contribution in [1.82, 2.24) is 4.72 Å². The van der Waals surface area contributed by atoms with E-state index >= 15 is 0 Å². The highest BCUT2D eigenvalue weighted by molar-refractivity contribution is 7.90. The van der Waals surface area contributed by atoms with Gasteiger partial charge in [0.1, 0.15) is 5.75 Å². The standard InChI is InChI=1S/C34H41ClN2O5S/c1-21-4-2-6-30(38)27-12-9-25(27)18-37-19-34(15-3-5-23-16-26(35)11-13-28(23)34)20-42-31-14-10-24(17-29(31)37)33(39)36-43(40,41)32(21)22-7-8-22/h2,6,10-11,13-14,16-17,21-22,25,27,30,32,38H,3-5,7-9,12,15,18-20H2,1H3,(H,36,39)/b6-2+/t21-,25-,27+,30-,32-,34-/m0/s1. The van der Waals surface area contributed by atoms with Crippen molar-refractivity contribution < 1.29 is 23.1 Å². The quantitative estimate of drug-likeness (QED) is 0.399. The van der Waals surface area contributed by atoms with E-state index in [0.29, 0.717) is 36.8 Å². The molecule has 9 heteroatoms. The van der Waals surface area contributed by atoms with Gasteiger partial charge in [0.2, 0.25) is 10.0 Å². The Morgan fingerprint density at radius 1 is 1.09 bits per heavy atom. The molecule has 230 valence electrons.